The van der Waals surface area contributed by atoms with Crippen molar-refractivity contribution in [3.8, 4) is 0 Å². The molecule has 0 spiro atoms. The standard InChI is InChI=1S/BO2.Re/c2-1-3;/q-2;. The summed E-state index contributed by atoms with van der Waals surface area (Å²) in [5.74, 6) is 0. The summed E-state index contributed by atoms with van der Waals surface area (Å²) in [6.45, 7) is 0. The summed E-state index contributed by atoms with van der Waals surface area (Å²) in [5.41, 5.74) is 0. The van der Waals surface area contributed by atoms with E-state index in [0.717, 1.165) is 0 Å². The van der Waals surface area contributed by atoms with Gasteiger partial charge in [0.25, 0.3) is 0 Å². The predicted molar refractivity (Wildman–Crippen MR) is 5.75 cm³/mol. The van der Waals surface area contributed by atoms with Crippen molar-refractivity contribution in [3.05, 3.63) is 0 Å². The molecule has 0 N–H and O–H groups in total. The van der Waals surface area contributed by atoms with Crippen molar-refractivity contribution >= 4 is 7.69 Å². The zero-order valence-corrected chi connectivity index (χ0v) is 4.49. The first-order chi connectivity index (χ1) is 1.41. The summed E-state index contributed by atoms with van der Waals surface area (Å²) in [6, 6.07) is 0. The molecule has 0 rings (SSSR count). The summed E-state index contributed by atoms with van der Waals surface area (Å²) in [5, 5.41) is 16.5. The van der Waals surface area contributed by atoms with Crippen LogP contribution >= 0.6 is 0 Å². The zero-order chi connectivity index (χ0) is 2.71. The van der Waals surface area contributed by atoms with E-state index >= 15 is 0 Å². The molecule has 2 nitrogen and oxygen atoms in total. The first-order valence-corrected chi connectivity index (χ1v) is 0.471. The zero-order valence-electron chi connectivity index (χ0n) is 1.77. The van der Waals surface area contributed by atoms with Gasteiger partial charge in [0.15, 0.2) is 0 Å². The van der Waals surface area contributed by atoms with Crippen LogP contribution in [0.4, 0.5) is 0 Å². The first kappa shape index (κ1) is 8.82. The molecule has 0 atom stereocenters. The van der Waals surface area contributed by atoms with Crippen molar-refractivity contribution in [3.63, 3.8) is 0 Å². The molecular formula is BO2Re-2. The van der Waals surface area contributed by atoms with Gasteiger partial charge < -0.3 is 10.0 Å². The number of hydrogen-bond acceptors (Lipinski definition) is 2. The average molecular weight is 229 g/mol. The van der Waals surface area contributed by atoms with E-state index in [2.05, 4.69) is 0 Å². The van der Waals surface area contributed by atoms with Gasteiger partial charge in [0.2, 0.25) is 0 Å². The van der Waals surface area contributed by atoms with Gasteiger partial charge in [-0.25, -0.2) is 7.69 Å². The molecule has 0 aliphatic heterocycles. The van der Waals surface area contributed by atoms with Crippen molar-refractivity contribution in [2.24, 2.45) is 0 Å². The molecule has 0 aromatic carbocycles. The maximum atomic E-state index is 8.25. The molecular weight excluding hydrogens is 229 g/mol. The minimum absolute atomic E-state index is 0. The molecule has 0 amide bonds. The Labute approximate surface area is 38.8 Å². The third kappa shape index (κ3) is 17.1. The summed E-state index contributed by atoms with van der Waals surface area (Å²) in [4.78, 5) is 0. The SMILES string of the molecule is [O-][B][O-].[Re]. The minimum Gasteiger partial charge on any atom is -0.900 e. The van der Waals surface area contributed by atoms with Gasteiger partial charge in [-0.1, -0.05) is 0 Å². The fourth-order valence-electron chi connectivity index (χ4n) is 0. The molecule has 0 aromatic rings. The molecule has 0 heterocycles. The molecule has 0 fully saturated rings. The van der Waals surface area contributed by atoms with E-state index < -0.39 is 7.69 Å². The topological polar surface area (TPSA) is 46.1 Å². The van der Waals surface area contributed by atoms with Crippen LogP contribution < -0.4 is 10.0 Å². The Balaban J connectivity index is 0. The molecule has 0 aliphatic carbocycles. The van der Waals surface area contributed by atoms with E-state index in [1.807, 2.05) is 0 Å². The molecule has 0 aliphatic rings. The van der Waals surface area contributed by atoms with Crippen LogP contribution in [-0.2, 0) is 20.4 Å². The smallest absolute Gasteiger partial charge is 0 e. The molecule has 0 bridgehead atoms. The van der Waals surface area contributed by atoms with Gasteiger partial charge in [-0.05, 0) is 0 Å². The fraction of sp³-hybridized carbons (Fsp3) is 0. The Hall–Kier alpha value is 0.647. The Morgan fingerprint density at radius 2 is 1.25 bits per heavy atom. The second-order valence-electron chi connectivity index (χ2n) is 0.0962. The minimum atomic E-state index is -0.500. The molecule has 0 saturated carbocycles. The van der Waals surface area contributed by atoms with E-state index in [1.54, 1.807) is 0 Å². The van der Waals surface area contributed by atoms with Gasteiger partial charge >= 0.3 is 0 Å². The third-order valence-corrected chi connectivity index (χ3v) is 0. The Bertz CT molecular complexity index is 6.00. The van der Waals surface area contributed by atoms with Crippen LogP contribution in [0.2, 0.25) is 0 Å². The molecule has 4 heavy (non-hydrogen) atoms. The average Bonchev–Trinajstić information content (AvgIpc) is 0.918. The number of hydrogen-bond donors (Lipinski definition) is 0. The molecule has 0 unspecified atom stereocenters. The Morgan fingerprint density at radius 3 is 1.25 bits per heavy atom. The largest absolute Gasteiger partial charge is 0.900 e. The molecule has 2 radical (unpaired) electrons. The molecule has 0 saturated heterocycles. The van der Waals surface area contributed by atoms with Gasteiger partial charge in [0, 0.05) is 20.4 Å². The second kappa shape index (κ2) is 9.42. The van der Waals surface area contributed by atoms with Crippen molar-refractivity contribution in [1.82, 2.24) is 0 Å². The van der Waals surface area contributed by atoms with E-state index in [4.69, 9.17) is 10.0 Å². The first-order valence-electron chi connectivity index (χ1n) is 0.471. The van der Waals surface area contributed by atoms with Gasteiger partial charge in [0.1, 0.15) is 0 Å². The van der Waals surface area contributed by atoms with Gasteiger partial charge in [0.05, 0.1) is 0 Å². The van der Waals surface area contributed by atoms with Gasteiger partial charge in [-0.15, -0.1) is 0 Å². The molecule has 0 aromatic heterocycles. The fourth-order valence-corrected chi connectivity index (χ4v) is 0. The van der Waals surface area contributed by atoms with E-state index in [0.29, 0.717) is 0 Å². The van der Waals surface area contributed by atoms with Crippen LogP contribution in [0.5, 0.6) is 0 Å². The second-order valence-corrected chi connectivity index (χ2v) is 0.0962. The van der Waals surface area contributed by atoms with Crippen molar-refractivity contribution in [1.29, 1.82) is 0 Å². The maximum Gasteiger partial charge on any atom is 0 e. The van der Waals surface area contributed by atoms with Crippen LogP contribution in [0, 0.1) is 0 Å². The van der Waals surface area contributed by atoms with Gasteiger partial charge in [-0.2, -0.15) is 0 Å². The van der Waals surface area contributed by atoms with Crippen molar-refractivity contribution in [2.45, 2.75) is 0 Å². The summed E-state index contributed by atoms with van der Waals surface area (Å²) >= 11 is 0. The Kier molecular flexibility index (Phi) is 20.8. The normalized spacial score (nSPS) is 3.50. The monoisotopic (exact) mass is 230 g/mol. The quantitative estimate of drug-likeness (QED) is 0.422. The van der Waals surface area contributed by atoms with Crippen molar-refractivity contribution < 1.29 is 30.5 Å². The van der Waals surface area contributed by atoms with E-state index in [1.165, 1.54) is 0 Å². The van der Waals surface area contributed by atoms with E-state index in [9.17, 15) is 0 Å². The van der Waals surface area contributed by atoms with Crippen LogP contribution in [0.15, 0.2) is 0 Å². The van der Waals surface area contributed by atoms with Crippen LogP contribution in [0.1, 0.15) is 0 Å². The molecule has 4 heteroatoms. The van der Waals surface area contributed by atoms with Crippen LogP contribution in [0.3, 0.4) is 0 Å². The predicted octanol–water partition coefficient (Wildman–Crippen LogP) is -2.76. The summed E-state index contributed by atoms with van der Waals surface area (Å²) in [7, 11) is -0.500. The van der Waals surface area contributed by atoms with Crippen LogP contribution in [0.25, 0.3) is 0 Å². The summed E-state index contributed by atoms with van der Waals surface area (Å²) in [6.07, 6.45) is 0. The van der Waals surface area contributed by atoms with E-state index in [-0.39, 0.29) is 20.4 Å². The van der Waals surface area contributed by atoms with Crippen LogP contribution in [-0.4, -0.2) is 7.69 Å². The third-order valence-electron chi connectivity index (χ3n) is 0. The summed E-state index contributed by atoms with van der Waals surface area (Å²) < 4.78 is 0. The maximum absolute atomic E-state index is 8.25. The number of rotatable bonds is 0. The Morgan fingerprint density at radius 1 is 1.25 bits per heavy atom. The van der Waals surface area contributed by atoms with Crippen molar-refractivity contribution in [2.75, 3.05) is 0 Å². The van der Waals surface area contributed by atoms with Gasteiger partial charge in [-0.3, -0.25) is 0 Å². The molecule has 24 valence electrons.